The Balaban J connectivity index is 2.86. The van der Waals surface area contributed by atoms with Gasteiger partial charge in [0.2, 0.25) is 0 Å². The molecule has 0 aromatic rings. The number of ether oxygens (including phenoxy) is 2. The fourth-order valence-electron chi connectivity index (χ4n) is 1.88. The standard InChI is InChI=1S/C11H16O4/c1-4-5-7-6-8(10(12)14-2)9(7)11(13)15-3/h7H,4-6H2,1-3H3. The number of carbonyl (C=O) groups is 2. The van der Waals surface area contributed by atoms with Gasteiger partial charge in [-0.3, -0.25) is 0 Å². The van der Waals surface area contributed by atoms with Gasteiger partial charge in [-0.05, 0) is 18.8 Å². The van der Waals surface area contributed by atoms with E-state index in [-0.39, 0.29) is 5.92 Å². The lowest BCUT2D eigenvalue weighted by atomic mass is 9.75. The smallest absolute Gasteiger partial charge is 0.334 e. The van der Waals surface area contributed by atoms with Crippen LogP contribution in [-0.2, 0) is 19.1 Å². The molecule has 0 amide bonds. The molecule has 0 aromatic carbocycles. The molecule has 0 fully saturated rings. The monoisotopic (exact) mass is 212 g/mol. The van der Waals surface area contributed by atoms with Gasteiger partial charge in [0.1, 0.15) is 0 Å². The predicted octanol–water partition coefficient (Wildman–Crippen LogP) is 1.45. The van der Waals surface area contributed by atoms with Crippen molar-refractivity contribution in [3.63, 3.8) is 0 Å². The van der Waals surface area contributed by atoms with Crippen molar-refractivity contribution in [2.75, 3.05) is 14.2 Å². The largest absolute Gasteiger partial charge is 0.466 e. The van der Waals surface area contributed by atoms with E-state index in [1.54, 1.807) is 0 Å². The molecule has 0 N–H and O–H groups in total. The molecule has 4 heteroatoms. The normalized spacial score (nSPS) is 19.5. The lowest BCUT2D eigenvalue weighted by Gasteiger charge is -2.29. The summed E-state index contributed by atoms with van der Waals surface area (Å²) in [7, 11) is 2.64. The first-order valence-corrected chi connectivity index (χ1v) is 5.05. The topological polar surface area (TPSA) is 52.6 Å². The summed E-state index contributed by atoms with van der Waals surface area (Å²) < 4.78 is 9.25. The van der Waals surface area contributed by atoms with E-state index in [0.29, 0.717) is 17.6 Å². The van der Waals surface area contributed by atoms with Crippen molar-refractivity contribution in [3.05, 3.63) is 11.1 Å². The Morgan fingerprint density at radius 2 is 1.87 bits per heavy atom. The zero-order chi connectivity index (χ0) is 11.4. The first-order valence-electron chi connectivity index (χ1n) is 5.05. The van der Waals surface area contributed by atoms with Crippen molar-refractivity contribution in [2.45, 2.75) is 26.2 Å². The molecule has 0 heterocycles. The quantitative estimate of drug-likeness (QED) is 0.662. The second-order valence-corrected chi connectivity index (χ2v) is 3.57. The molecule has 1 rings (SSSR count). The van der Waals surface area contributed by atoms with Gasteiger partial charge in [0, 0.05) is 5.57 Å². The summed E-state index contributed by atoms with van der Waals surface area (Å²) in [5.74, 6) is -0.653. The van der Waals surface area contributed by atoms with Gasteiger partial charge in [0.05, 0.1) is 19.8 Å². The van der Waals surface area contributed by atoms with Crippen molar-refractivity contribution in [1.29, 1.82) is 0 Å². The zero-order valence-corrected chi connectivity index (χ0v) is 9.33. The van der Waals surface area contributed by atoms with Crippen LogP contribution >= 0.6 is 0 Å². The van der Waals surface area contributed by atoms with Crippen LogP contribution in [0.15, 0.2) is 11.1 Å². The fraction of sp³-hybridized carbons (Fsp3) is 0.636. The van der Waals surface area contributed by atoms with Crippen molar-refractivity contribution < 1.29 is 19.1 Å². The van der Waals surface area contributed by atoms with Crippen LogP contribution in [0.5, 0.6) is 0 Å². The maximum atomic E-state index is 11.4. The number of esters is 2. The summed E-state index contributed by atoms with van der Waals surface area (Å²) in [6.07, 6.45) is 2.52. The lowest BCUT2D eigenvalue weighted by molar-refractivity contribution is -0.141. The van der Waals surface area contributed by atoms with Crippen LogP contribution in [0.1, 0.15) is 26.2 Å². The summed E-state index contributed by atoms with van der Waals surface area (Å²) in [5, 5.41) is 0. The fourth-order valence-corrected chi connectivity index (χ4v) is 1.88. The van der Waals surface area contributed by atoms with Gasteiger partial charge in [-0.1, -0.05) is 13.3 Å². The van der Waals surface area contributed by atoms with E-state index >= 15 is 0 Å². The van der Waals surface area contributed by atoms with Crippen LogP contribution in [0.25, 0.3) is 0 Å². The van der Waals surface area contributed by atoms with E-state index in [9.17, 15) is 9.59 Å². The van der Waals surface area contributed by atoms with Crippen molar-refractivity contribution >= 4 is 11.9 Å². The summed E-state index contributed by atoms with van der Waals surface area (Å²) in [6.45, 7) is 2.05. The molecule has 1 atom stereocenters. The highest BCUT2D eigenvalue weighted by molar-refractivity contribution is 6.03. The number of hydrogen-bond acceptors (Lipinski definition) is 4. The van der Waals surface area contributed by atoms with Gasteiger partial charge in [0.25, 0.3) is 0 Å². The van der Waals surface area contributed by atoms with Crippen LogP contribution in [0.4, 0.5) is 0 Å². The molecule has 1 aliphatic rings. The minimum absolute atomic E-state index is 0.163. The van der Waals surface area contributed by atoms with E-state index in [1.165, 1.54) is 14.2 Å². The van der Waals surface area contributed by atoms with Gasteiger partial charge in [-0.2, -0.15) is 0 Å². The van der Waals surface area contributed by atoms with E-state index in [0.717, 1.165) is 12.8 Å². The van der Waals surface area contributed by atoms with Crippen molar-refractivity contribution in [3.8, 4) is 0 Å². The van der Waals surface area contributed by atoms with E-state index in [1.807, 2.05) is 6.92 Å². The second kappa shape index (κ2) is 4.96. The number of carbonyl (C=O) groups excluding carboxylic acids is 2. The molecule has 0 spiro atoms. The third kappa shape index (κ3) is 2.19. The van der Waals surface area contributed by atoms with E-state index in [4.69, 9.17) is 0 Å². The summed E-state index contributed by atoms with van der Waals surface area (Å²) in [4.78, 5) is 22.7. The molecule has 84 valence electrons. The molecule has 0 aliphatic heterocycles. The number of hydrogen-bond donors (Lipinski definition) is 0. The Hall–Kier alpha value is -1.32. The SMILES string of the molecule is CCCC1CC(C(=O)OC)=C1C(=O)OC. The molecule has 1 aliphatic carbocycles. The third-order valence-corrected chi connectivity index (χ3v) is 2.66. The summed E-state index contributed by atoms with van der Waals surface area (Å²) >= 11 is 0. The molecule has 4 nitrogen and oxygen atoms in total. The minimum atomic E-state index is -0.414. The molecular formula is C11H16O4. The minimum Gasteiger partial charge on any atom is -0.466 e. The van der Waals surface area contributed by atoms with Crippen LogP contribution in [0, 0.1) is 5.92 Å². The van der Waals surface area contributed by atoms with E-state index in [2.05, 4.69) is 9.47 Å². The molecule has 0 saturated heterocycles. The Morgan fingerprint density at radius 3 is 2.33 bits per heavy atom. The maximum Gasteiger partial charge on any atom is 0.334 e. The summed E-state index contributed by atoms with van der Waals surface area (Å²) in [5.41, 5.74) is 0.981. The average molecular weight is 212 g/mol. The number of methoxy groups -OCH3 is 2. The Bertz CT molecular complexity index is 304. The molecule has 0 radical (unpaired) electrons. The first kappa shape index (κ1) is 11.8. The van der Waals surface area contributed by atoms with Crippen LogP contribution in [0.3, 0.4) is 0 Å². The maximum absolute atomic E-state index is 11.4. The predicted molar refractivity (Wildman–Crippen MR) is 54.1 cm³/mol. The van der Waals surface area contributed by atoms with Gasteiger partial charge in [-0.25, -0.2) is 9.59 Å². The molecular weight excluding hydrogens is 196 g/mol. The Morgan fingerprint density at radius 1 is 1.27 bits per heavy atom. The Labute approximate surface area is 89.2 Å². The zero-order valence-electron chi connectivity index (χ0n) is 9.33. The van der Waals surface area contributed by atoms with Crippen LogP contribution in [-0.4, -0.2) is 26.2 Å². The lowest BCUT2D eigenvalue weighted by Crippen LogP contribution is -2.30. The van der Waals surface area contributed by atoms with Gasteiger partial charge in [0.15, 0.2) is 0 Å². The van der Waals surface area contributed by atoms with Gasteiger partial charge < -0.3 is 9.47 Å². The van der Waals surface area contributed by atoms with Crippen molar-refractivity contribution in [1.82, 2.24) is 0 Å². The highest BCUT2D eigenvalue weighted by atomic mass is 16.5. The molecule has 1 unspecified atom stereocenters. The highest BCUT2D eigenvalue weighted by Gasteiger charge is 2.38. The molecule has 15 heavy (non-hydrogen) atoms. The average Bonchev–Trinajstić information content (AvgIpc) is 2.22. The van der Waals surface area contributed by atoms with Gasteiger partial charge in [-0.15, -0.1) is 0 Å². The molecule has 0 bridgehead atoms. The Kier molecular flexibility index (Phi) is 3.88. The molecule has 0 aromatic heterocycles. The number of rotatable bonds is 4. The summed E-state index contributed by atoms with van der Waals surface area (Å²) in [6, 6.07) is 0. The second-order valence-electron chi connectivity index (χ2n) is 3.57. The first-order chi connectivity index (χ1) is 7.15. The van der Waals surface area contributed by atoms with Crippen LogP contribution in [0.2, 0.25) is 0 Å². The molecule has 0 saturated carbocycles. The van der Waals surface area contributed by atoms with Gasteiger partial charge >= 0.3 is 11.9 Å². The van der Waals surface area contributed by atoms with Crippen molar-refractivity contribution in [2.24, 2.45) is 5.92 Å². The van der Waals surface area contributed by atoms with E-state index < -0.39 is 11.9 Å². The van der Waals surface area contributed by atoms with Crippen LogP contribution < -0.4 is 0 Å². The highest BCUT2D eigenvalue weighted by Crippen LogP contribution is 2.39. The third-order valence-electron chi connectivity index (χ3n) is 2.66.